The van der Waals surface area contributed by atoms with E-state index >= 15 is 0 Å². The lowest BCUT2D eigenvalue weighted by molar-refractivity contribution is -0.149. The molecule has 0 radical (unpaired) electrons. The van der Waals surface area contributed by atoms with Gasteiger partial charge in [0.25, 0.3) is 11.8 Å². The van der Waals surface area contributed by atoms with Gasteiger partial charge < -0.3 is 19.7 Å². The van der Waals surface area contributed by atoms with Gasteiger partial charge in [0.1, 0.15) is 11.7 Å². The fraction of sp³-hybridized carbons (Fsp3) is 0.316. The summed E-state index contributed by atoms with van der Waals surface area (Å²) in [6.07, 6.45) is -4.43. The molecule has 7 nitrogen and oxygen atoms in total. The predicted molar refractivity (Wildman–Crippen MR) is 96.1 cm³/mol. The molecule has 0 saturated heterocycles. The zero-order chi connectivity index (χ0) is 22.5. The molecular weight excluding hydrogens is 427 g/mol. The summed E-state index contributed by atoms with van der Waals surface area (Å²) in [6.45, 7) is 0.825. The van der Waals surface area contributed by atoms with Gasteiger partial charge in [-0.25, -0.2) is 8.78 Å². The fourth-order valence-electron chi connectivity index (χ4n) is 3.34. The van der Waals surface area contributed by atoms with Gasteiger partial charge >= 0.3 is 6.18 Å². The highest BCUT2D eigenvalue weighted by Gasteiger charge is 2.39. The molecule has 0 saturated carbocycles. The molecule has 164 valence electrons. The van der Waals surface area contributed by atoms with Crippen molar-refractivity contribution in [1.29, 1.82) is 0 Å². The van der Waals surface area contributed by atoms with Crippen molar-refractivity contribution < 1.29 is 36.1 Å². The average molecular weight is 442 g/mol. The van der Waals surface area contributed by atoms with Crippen molar-refractivity contribution in [2.75, 3.05) is 6.54 Å². The monoisotopic (exact) mass is 442 g/mol. The SMILES string of the molecule is C[C@@H](NC(=O)c1onc2c1CN(C(=O)c1cc3c(F)c(F)ccc3[nH]1)CC2)C(F)(F)F. The number of nitrogens with zero attached hydrogens (tertiary/aromatic N) is 2. The first-order valence-corrected chi connectivity index (χ1v) is 9.17. The van der Waals surface area contributed by atoms with Crippen molar-refractivity contribution >= 4 is 22.7 Å². The van der Waals surface area contributed by atoms with Crippen molar-refractivity contribution in [2.24, 2.45) is 0 Å². The van der Waals surface area contributed by atoms with Gasteiger partial charge in [-0.05, 0) is 25.1 Å². The largest absolute Gasteiger partial charge is 0.408 e. The Morgan fingerprint density at radius 3 is 2.74 bits per heavy atom. The number of carbonyl (C=O) groups is 2. The number of hydrogen-bond donors (Lipinski definition) is 2. The van der Waals surface area contributed by atoms with E-state index in [-0.39, 0.29) is 41.7 Å². The predicted octanol–water partition coefficient (Wildman–Crippen LogP) is 3.31. The van der Waals surface area contributed by atoms with E-state index in [1.54, 1.807) is 5.32 Å². The van der Waals surface area contributed by atoms with Crippen molar-refractivity contribution in [1.82, 2.24) is 20.4 Å². The Labute approximate surface area is 171 Å². The lowest BCUT2D eigenvalue weighted by atomic mass is 10.0. The van der Waals surface area contributed by atoms with E-state index < -0.39 is 41.4 Å². The van der Waals surface area contributed by atoms with E-state index in [1.165, 1.54) is 17.0 Å². The lowest BCUT2D eigenvalue weighted by Crippen LogP contribution is -2.43. The zero-order valence-corrected chi connectivity index (χ0v) is 15.9. The standard InChI is InChI=1S/C19H15F5N4O3/c1-8(19(22,23)24)25-17(29)16-10-7-28(5-4-13(10)27-31-16)18(30)14-6-9-12(26-14)3-2-11(20)15(9)21/h2-3,6,8,26H,4-5,7H2,1H3,(H,25,29)/t8-/m1/s1. The molecule has 0 unspecified atom stereocenters. The fourth-order valence-corrected chi connectivity index (χ4v) is 3.34. The molecule has 0 bridgehead atoms. The van der Waals surface area contributed by atoms with Gasteiger partial charge in [-0.15, -0.1) is 0 Å². The summed E-state index contributed by atoms with van der Waals surface area (Å²) in [4.78, 5) is 29.1. The maximum absolute atomic E-state index is 13.9. The molecule has 4 rings (SSSR count). The minimum atomic E-state index is -4.64. The third-order valence-electron chi connectivity index (χ3n) is 5.09. The molecule has 3 heterocycles. The highest BCUT2D eigenvalue weighted by Crippen LogP contribution is 2.27. The summed E-state index contributed by atoms with van der Waals surface area (Å²) < 4.78 is 70.5. The maximum atomic E-state index is 13.9. The quantitative estimate of drug-likeness (QED) is 0.609. The van der Waals surface area contributed by atoms with Crippen LogP contribution in [0.15, 0.2) is 22.7 Å². The topological polar surface area (TPSA) is 91.2 Å². The lowest BCUT2D eigenvalue weighted by Gasteiger charge is -2.26. The number of aromatic nitrogens is 2. The Hall–Kier alpha value is -3.44. The number of H-pyrrole nitrogens is 1. The third kappa shape index (κ3) is 3.73. The molecule has 1 aliphatic rings. The van der Waals surface area contributed by atoms with Crippen molar-refractivity contribution in [3.63, 3.8) is 0 Å². The molecule has 0 aliphatic carbocycles. The summed E-state index contributed by atoms with van der Waals surface area (Å²) in [5.41, 5.74) is 0.778. The van der Waals surface area contributed by atoms with Gasteiger partial charge in [-0.3, -0.25) is 9.59 Å². The number of aromatic amines is 1. The molecule has 1 atom stereocenters. The third-order valence-corrected chi connectivity index (χ3v) is 5.09. The molecule has 1 aromatic carbocycles. The number of benzene rings is 1. The van der Waals surface area contributed by atoms with E-state index in [0.29, 0.717) is 5.69 Å². The van der Waals surface area contributed by atoms with Crippen LogP contribution in [0.1, 0.15) is 39.2 Å². The molecule has 12 heteroatoms. The van der Waals surface area contributed by atoms with Crippen molar-refractivity contribution in [3.8, 4) is 0 Å². The highest BCUT2D eigenvalue weighted by atomic mass is 19.4. The second-order valence-corrected chi connectivity index (χ2v) is 7.16. The zero-order valence-electron chi connectivity index (χ0n) is 15.9. The minimum absolute atomic E-state index is 0.00361. The summed E-state index contributed by atoms with van der Waals surface area (Å²) in [5, 5.41) is 5.42. The highest BCUT2D eigenvalue weighted by molar-refractivity contribution is 5.98. The van der Waals surface area contributed by atoms with E-state index in [2.05, 4.69) is 10.1 Å². The molecule has 2 N–H and O–H groups in total. The normalized spacial score (nSPS) is 15.1. The van der Waals surface area contributed by atoms with Crippen LogP contribution in [0.4, 0.5) is 22.0 Å². The van der Waals surface area contributed by atoms with Crippen LogP contribution in [0.25, 0.3) is 10.9 Å². The number of carbonyl (C=O) groups excluding carboxylic acids is 2. The molecule has 2 aromatic heterocycles. The molecule has 31 heavy (non-hydrogen) atoms. The molecular formula is C19H15F5N4O3. The van der Waals surface area contributed by atoms with Gasteiger partial charge in [0, 0.05) is 29.4 Å². The van der Waals surface area contributed by atoms with Crippen LogP contribution in [0, 0.1) is 11.6 Å². The maximum Gasteiger partial charge on any atom is 0.408 e. The van der Waals surface area contributed by atoms with Gasteiger partial charge in [-0.1, -0.05) is 5.16 Å². The van der Waals surface area contributed by atoms with E-state index in [9.17, 15) is 31.5 Å². The summed E-state index contributed by atoms with van der Waals surface area (Å²) in [6, 6.07) is 1.30. The smallest absolute Gasteiger partial charge is 0.350 e. The second kappa shape index (κ2) is 7.36. The molecule has 0 spiro atoms. The van der Waals surface area contributed by atoms with Crippen LogP contribution in [-0.2, 0) is 13.0 Å². The molecule has 2 amide bonds. The first-order valence-electron chi connectivity index (χ1n) is 9.17. The van der Waals surface area contributed by atoms with Crippen LogP contribution in [0.5, 0.6) is 0 Å². The Kier molecular flexibility index (Phi) is 4.94. The molecule has 0 fully saturated rings. The first-order chi connectivity index (χ1) is 14.6. The van der Waals surface area contributed by atoms with Crippen LogP contribution in [-0.4, -0.2) is 45.6 Å². The number of fused-ring (bicyclic) bond motifs is 2. The number of amides is 2. The van der Waals surface area contributed by atoms with Crippen molar-refractivity contribution in [2.45, 2.75) is 32.1 Å². The molecule has 3 aromatic rings. The van der Waals surface area contributed by atoms with Crippen LogP contribution in [0.2, 0.25) is 0 Å². The van der Waals surface area contributed by atoms with Crippen LogP contribution < -0.4 is 5.32 Å². The van der Waals surface area contributed by atoms with E-state index in [4.69, 9.17) is 4.52 Å². The van der Waals surface area contributed by atoms with Gasteiger partial charge in [0.2, 0.25) is 5.76 Å². The summed E-state index contributed by atoms with van der Waals surface area (Å²) >= 11 is 0. The minimum Gasteiger partial charge on any atom is -0.350 e. The van der Waals surface area contributed by atoms with Crippen LogP contribution >= 0.6 is 0 Å². The van der Waals surface area contributed by atoms with E-state index in [1.807, 2.05) is 0 Å². The van der Waals surface area contributed by atoms with Gasteiger partial charge in [-0.2, -0.15) is 13.2 Å². The van der Waals surface area contributed by atoms with E-state index in [0.717, 1.165) is 13.0 Å². The second-order valence-electron chi connectivity index (χ2n) is 7.16. The Balaban J connectivity index is 1.56. The number of nitrogens with one attached hydrogen (secondary N) is 2. The Morgan fingerprint density at radius 1 is 1.29 bits per heavy atom. The molecule has 1 aliphatic heterocycles. The van der Waals surface area contributed by atoms with Gasteiger partial charge in [0.15, 0.2) is 11.6 Å². The van der Waals surface area contributed by atoms with Crippen LogP contribution in [0.3, 0.4) is 0 Å². The Bertz CT molecular complexity index is 1180. The van der Waals surface area contributed by atoms with Crippen molar-refractivity contribution in [3.05, 3.63) is 52.5 Å². The Morgan fingerprint density at radius 2 is 2.03 bits per heavy atom. The number of rotatable bonds is 3. The summed E-state index contributed by atoms with van der Waals surface area (Å²) in [7, 11) is 0. The number of alkyl halides is 3. The average Bonchev–Trinajstić information content (AvgIpc) is 3.33. The summed E-state index contributed by atoms with van der Waals surface area (Å²) in [5.74, 6) is -4.21. The number of hydrogen-bond acceptors (Lipinski definition) is 4. The first kappa shape index (κ1) is 20.8. The van der Waals surface area contributed by atoms with Gasteiger partial charge in [0.05, 0.1) is 12.2 Å². The number of halogens is 5.